The minimum absolute atomic E-state index is 0.122. The second-order valence-electron chi connectivity index (χ2n) is 3.27. The van der Waals surface area contributed by atoms with Crippen molar-refractivity contribution in [1.82, 2.24) is 15.4 Å². The predicted molar refractivity (Wildman–Crippen MR) is 57.8 cm³/mol. The van der Waals surface area contributed by atoms with Crippen molar-refractivity contribution in [3.05, 3.63) is 35.5 Å². The molecule has 0 fully saturated rings. The molecule has 0 spiro atoms. The fourth-order valence-corrected chi connectivity index (χ4v) is 1.31. The van der Waals surface area contributed by atoms with Gasteiger partial charge >= 0.3 is 5.97 Å². The molecule has 2 rings (SSSR count). The second kappa shape index (κ2) is 4.01. The lowest BCUT2D eigenvalue weighted by Crippen LogP contribution is -2.02. The number of aromatic nitrogens is 3. The highest BCUT2D eigenvalue weighted by Gasteiger charge is 2.15. The molecule has 3 N–H and O–H groups in total. The lowest BCUT2D eigenvalue weighted by atomic mass is 10.2. The number of aromatic amines is 1. The van der Waals surface area contributed by atoms with Crippen molar-refractivity contribution in [1.29, 1.82) is 0 Å². The highest BCUT2D eigenvalue weighted by Crippen LogP contribution is 2.19. The molecule has 6 nitrogen and oxygen atoms in total. The zero-order chi connectivity index (χ0) is 11.5. The SMILES string of the molecule is Cc1ccccc1Nc1n[nH]nc1C(=O)O. The first-order valence-corrected chi connectivity index (χ1v) is 4.65. The molecule has 0 saturated heterocycles. The van der Waals surface area contributed by atoms with E-state index in [1.54, 1.807) is 0 Å². The van der Waals surface area contributed by atoms with Crippen LogP contribution in [-0.2, 0) is 0 Å². The first kappa shape index (κ1) is 10.2. The highest BCUT2D eigenvalue weighted by molar-refractivity contribution is 5.91. The van der Waals surface area contributed by atoms with Crippen LogP contribution in [0.1, 0.15) is 16.1 Å². The molecule has 0 aliphatic carbocycles. The van der Waals surface area contributed by atoms with Crippen LogP contribution in [0.5, 0.6) is 0 Å². The van der Waals surface area contributed by atoms with Gasteiger partial charge in [0.1, 0.15) is 0 Å². The Balaban J connectivity index is 2.31. The first-order valence-electron chi connectivity index (χ1n) is 4.65. The topological polar surface area (TPSA) is 90.9 Å². The zero-order valence-electron chi connectivity index (χ0n) is 8.56. The number of benzene rings is 1. The van der Waals surface area contributed by atoms with Crippen LogP contribution >= 0.6 is 0 Å². The highest BCUT2D eigenvalue weighted by atomic mass is 16.4. The molecule has 0 bridgehead atoms. The molecular weight excluding hydrogens is 208 g/mol. The minimum Gasteiger partial charge on any atom is -0.476 e. The molecule has 0 radical (unpaired) electrons. The monoisotopic (exact) mass is 218 g/mol. The summed E-state index contributed by atoms with van der Waals surface area (Å²) in [7, 11) is 0. The zero-order valence-corrected chi connectivity index (χ0v) is 8.56. The van der Waals surface area contributed by atoms with Crippen LogP contribution in [0.2, 0.25) is 0 Å². The van der Waals surface area contributed by atoms with Gasteiger partial charge in [0.05, 0.1) is 0 Å². The Kier molecular flexibility index (Phi) is 2.55. The van der Waals surface area contributed by atoms with Gasteiger partial charge in [0.25, 0.3) is 0 Å². The molecule has 0 aliphatic rings. The van der Waals surface area contributed by atoms with Gasteiger partial charge in [-0.25, -0.2) is 4.79 Å². The Morgan fingerprint density at radius 2 is 2.12 bits per heavy atom. The molecule has 1 aromatic heterocycles. The van der Waals surface area contributed by atoms with Gasteiger partial charge in [0.15, 0.2) is 5.82 Å². The summed E-state index contributed by atoms with van der Waals surface area (Å²) in [5, 5.41) is 21.3. The number of nitrogens with zero attached hydrogens (tertiary/aromatic N) is 2. The number of carbonyl (C=O) groups is 1. The molecule has 0 atom stereocenters. The average molecular weight is 218 g/mol. The van der Waals surface area contributed by atoms with Gasteiger partial charge in [-0.15, -0.1) is 10.2 Å². The molecule has 82 valence electrons. The molecular formula is C10H10N4O2. The molecule has 1 heterocycles. The summed E-state index contributed by atoms with van der Waals surface area (Å²) in [5.74, 6) is -0.911. The fourth-order valence-electron chi connectivity index (χ4n) is 1.31. The maximum absolute atomic E-state index is 10.8. The summed E-state index contributed by atoms with van der Waals surface area (Å²) >= 11 is 0. The van der Waals surface area contributed by atoms with Crippen molar-refractivity contribution >= 4 is 17.5 Å². The van der Waals surface area contributed by atoms with Gasteiger partial charge in [-0.3, -0.25) is 0 Å². The van der Waals surface area contributed by atoms with Crippen LogP contribution in [0.25, 0.3) is 0 Å². The van der Waals surface area contributed by atoms with E-state index in [0.29, 0.717) is 0 Å². The third kappa shape index (κ3) is 1.85. The van der Waals surface area contributed by atoms with Crippen molar-refractivity contribution in [3.8, 4) is 0 Å². The molecule has 0 saturated carbocycles. The number of rotatable bonds is 3. The van der Waals surface area contributed by atoms with Gasteiger partial charge < -0.3 is 10.4 Å². The van der Waals surface area contributed by atoms with Crippen molar-refractivity contribution in [2.45, 2.75) is 6.92 Å². The molecule has 16 heavy (non-hydrogen) atoms. The summed E-state index contributed by atoms with van der Waals surface area (Å²) < 4.78 is 0. The van der Waals surface area contributed by atoms with E-state index in [9.17, 15) is 4.79 Å². The van der Waals surface area contributed by atoms with Gasteiger partial charge in [0, 0.05) is 5.69 Å². The van der Waals surface area contributed by atoms with E-state index in [1.165, 1.54) is 0 Å². The Morgan fingerprint density at radius 1 is 1.38 bits per heavy atom. The molecule has 0 amide bonds. The molecule has 1 aromatic carbocycles. The van der Waals surface area contributed by atoms with Crippen LogP contribution in [0.3, 0.4) is 0 Å². The van der Waals surface area contributed by atoms with Crippen LogP contribution in [0.15, 0.2) is 24.3 Å². The number of aromatic carboxylic acids is 1. The minimum atomic E-state index is -1.12. The predicted octanol–water partition coefficient (Wildman–Crippen LogP) is 1.55. The van der Waals surface area contributed by atoms with Crippen LogP contribution < -0.4 is 5.32 Å². The average Bonchev–Trinajstić information content (AvgIpc) is 2.69. The van der Waals surface area contributed by atoms with E-state index in [0.717, 1.165) is 11.3 Å². The summed E-state index contributed by atoms with van der Waals surface area (Å²) in [4.78, 5) is 10.8. The third-order valence-corrected chi connectivity index (χ3v) is 2.15. The quantitative estimate of drug-likeness (QED) is 0.727. The third-order valence-electron chi connectivity index (χ3n) is 2.15. The number of hydrogen-bond acceptors (Lipinski definition) is 4. The number of carboxylic acid groups (broad SMARTS) is 1. The van der Waals surface area contributed by atoms with E-state index in [-0.39, 0.29) is 11.5 Å². The summed E-state index contributed by atoms with van der Waals surface area (Å²) in [6, 6.07) is 7.52. The van der Waals surface area contributed by atoms with Crippen LogP contribution in [0, 0.1) is 6.92 Å². The Labute approximate surface area is 91.3 Å². The normalized spacial score (nSPS) is 10.1. The maximum atomic E-state index is 10.8. The van der Waals surface area contributed by atoms with Crippen molar-refractivity contribution in [2.75, 3.05) is 5.32 Å². The molecule has 0 aliphatic heterocycles. The molecule has 0 unspecified atom stereocenters. The largest absolute Gasteiger partial charge is 0.476 e. The van der Waals surface area contributed by atoms with Crippen molar-refractivity contribution in [3.63, 3.8) is 0 Å². The first-order chi connectivity index (χ1) is 7.68. The summed E-state index contributed by atoms with van der Waals surface area (Å²) in [6.45, 7) is 1.92. The number of H-pyrrole nitrogens is 1. The molecule has 2 aromatic rings. The van der Waals surface area contributed by atoms with E-state index in [2.05, 4.69) is 20.7 Å². The standard InChI is InChI=1S/C10H10N4O2/c1-6-4-2-3-5-7(6)11-9-8(10(15)16)12-14-13-9/h2-5H,1H3,(H,15,16)(H2,11,12,13,14). The van der Waals surface area contributed by atoms with Crippen molar-refractivity contribution in [2.24, 2.45) is 0 Å². The van der Waals surface area contributed by atoms with Gasteiger partial charge in [0.2, 0.25) is 5.69 Å². The Hall–Kier alpha value is -2.37. The Bertz CT molecular complexity index is 521. The van der Waals surface area contributed by atoms with Crippen LogP contribution in [-0.4, -0.2) is 26.5 Å². The van der Waals surface area contributed by atoms with E-state index < -0.39 is 5.97 Å². The second-order valence-corrected chi connectivity index (χ2v) is 3.27. The fraction of sp³-hybridized carbons (Fsp3) is 0.100. The number of nitrogens with one attached hydrogen (secondary N) is 2. The lowest BCUT2D eigenvalue weighted by molar-refractivity contribution is 0.0691. The summed E-state index contributed by atoms with van der Waals surface area (Å²) in [5.41, 5.74) is 1.68. The summed E-state index contributed by atoms with van der Waals surface area (Å²) in [6.07, 6.45) is 0. The lowest BCUT2D eigenvalue weighted by Gasteiger charge is -2.06. The van der Waals surface area contributed by atoms with Crippen molar-refractivity contribution < 1.29 is 9.90 Å². The van der Waals surface area contributed by atoms with E-state index in [4.69, 9.17) is 5.11 Å². The number of carboxylic acids is 1. The van der Waals surface area contributed by atoms with Crippen LogP contribution in [0.4, 0.5) is 11.5 Å². The van der Waals surface area contributed by atoms with Gasteiger partial charge in [-0.2, -0.15) is 5.21 Å². The maximum Gasteiger partial charge on any atom is 0.360 e. The van der Waals surface area contributed by atoms with E-state index in [1.807, 2.05) is 31.2 Å². The number of aryl methyl sites for hydroxylation is 1. The van der Waals surface area contributed by atoms with E-state index >= 15 is 0 Å². The van der Waals surface area contributed by atoms with Gasteiger partial charge in [-0.05, 0) is 18.6 Å². The number of hydrogen-bond donors (Lipinski definition) is 3. The molecule has 6 heteroatoms. The Morgan fingerprint density at radius 3 is 2.81 bits per heavy atom. The number of para-hydroxylation sites is 1. The smallest absolute Gasteiger partial charge is 0.360 e. The van der Waals surface area contributed by atoms with Gasteiger partial charge in [-0.1, -0.05) is 18.2 Å². The number of anilines is 2.